The molecule has 5 rings (SSSR count). The molecule has 0 aliphatic heterocycles. The number of nitrogens with zero attached hydrogens (tertiary/aromatic N) is 3. The first kappa shape index (κ1) is 18.7. The Morgan fingerprint density at radius 3 is 2.33 bits per heavy atom. The molecule has 2 heterocycles. The van der Waals surface area contributed by atoms with E-state index >= 15 is 0 Å². The number of benzene rings is 2. The summed E-state index contributed by atoms with van der Waals surface area (Å²) in [5, 5.41) is 6.16. The van der Waals surface area contributed by atoms with Crippen LogP contribution < -0.4 is 5.56 Å². The number of hydrogen-bond donors (Lipinski definition) is 0. The highest BCUT2D eigenvalue weighted by Gasteiger charge is 2.31. The highest BCUT2D eigenvalue weighted by atomic mass is 19.1. The highest BCUT2D eigenvalue weighted by Crippen LogP contribution is 2.37. The van der Waals surface area contributed by atoms with Crippen molar-refractivity contribution in [3.05, 3.63) is 87.7 Å². The van der Waals surface area contributed by atoms with Crippen LogP contribution in [0.4, 0.5) is 4.39 Å². The Bertz CT molecular complexity index is 1320. The van der Waals surface area contributed by atoms with E-state index in [1.807, 2.05) is 37.3 Å². The van der Waals surface area contributed by atoms with Gasteiger partial charge < -0.3 is 0 Å². The molecule has 0 atom stereocenters. The summed E-state index contributed by atoms with van der Waals surface area (Å²) in [6, 6.07) is 15.9. The van der Waals surface area contributed by atoms with Crippen molar-refractivity contribution in [1.29, 1.82) is 0 Å². The van der Waals surface area contributed by atoms with Gasteiger partial charge in [-0.2, -0.15) is 9.78 Å². The molecular formula is C25H22FN3O. The van der Waals surface area contributed by atoms with Gasteiger partial charge in [0.25, 0.3) is 5.56 Å². The molecule has 0 spiro atoms. The van der Waals surface area contributed by atoms with Gasteiger partial charge in [0.2, 0.25) is 0 Å². The van der Waals surface area contributed by atoms with Crippen LogP contribution in [0.15, 0.2) is 59.4 Å². The van der Waals surface area contributed by atoms with Crippen LogP contribution in [0.2, 0.25) is 0 Å². The van der Waals surface area contributed by atoms with E-state index in [4.69, 9.17) is 4.98 Å². The molecule has 0 fully saturated rings. The molecule has 2 aromatic carbocycles. The summed E-state index contributed by atoms with van der Waals surface area (Å²) < 4.78 is 14.8. The molecule has 1 aliphatic carbocycles. The topological polar surface area (TPSA) is 47.8 Å². The number of hydrogen-bond acceptors (Lipinski definition) is 3. The van der Waals surface area contributed by atoms with Crippen LogP contribution in [-0.4, -0.2) is 14.8 Å². The minimum atomic E-state index is -0.344. The molecule has 4 nitrogen and oxygen atoms in total. The predicted octanol–water partition coefficient (Wildman–Crippen LogP) is 5.02. The first-order chi connectivity index (χ1) is 14.3. The maximum atomic E-state index is 13.4. The van der Waals surface area contributed by atoms with Gasteiger partial charge in [-0.3, -0.25) is 9.78 Å². The average Bonchev–Trinajstić information content (AvgIpc) is 2.70. The average molecular weight is 399 g/mol. The summed E-state index contributed by atoms with van der Waals surface area (Å²) in [6.07, 6.45) is 1.54. The lowest BCUT2D eigenvalue weighted by molar-refractivity contribution is 0.345. The van der Waals surface area contributed by atoms with Crippen molar-refractivity contribution in [3.63, 3.8) is 0 Å². The molecular weight excluding hydrogens is 377 g/mol. The largest absolute Gasteiger partial charge is 0.279 e. The second-order valence-corrected chi connectivity index (χ2v) is 8.90. The van der Waals surface area contributed by atoms with Gasteiger partial charge in [0.15, 0.2) is 0 Å². The van der Waals surface area contributed by atoms with Crippen LogP contribution in [0, 0.1) is 18.2 Å². The van der Waals surface area contributed by atoms with Gasteiger partial charge in [-0.25, -0.2) is 4.39 Å². The first-order valence-electron chi connectivity index (χ1n) is 10.1. The normalized spacial score (nSPS) is 14.8. The Balaban J connectivity index is 1.82. The molecule has 0 bridgehead atoms. The molecule has 0 unspecified atom stereocenters. The Hall–Kier alpha value is -3.34. The van der Waals surface area contributed by atoms with Crippen LogP contribution in [0.25, 0.3) is 27.7 Å². The number of aromatic nitrogens is 3. The molecule has 0 N–H and O–H groups in total. The lowest BCUT2D eigenvalue weighted by Gasteiger charge is -2.30. The van der Waals surface area contributed by atoms with Crippen LogP contribution in [0.3, 0.4) is 0 Å². The Kier molecular flexibility index (Phi) is 4.10. The van der Waals surface area contributed by atoms with Crippen LogP contribution in [0.5, 0.6) is 0 Å². The molecule has 1 aliphatic rings. The molecule has 0 amide bonds. The fourth-order valence-electron chi connectivity index (χ4n) is 4.27. The zero-order valence-electron chi connectivity index (χ0n) is 17.2. The zero-order chi connectivity index (χ0) is 21.0. The van der Waals surface area contributed by atoms with E-state index in [9.17, 15) is 9.18 Å². The second kappa shape index (κ2) is 6.59. The fraction of sp³-hybridized carbons (Fsp3) is 0.240. The molecule has 30 heavy (non-hydrogen) atoms. The Morgan fingerprint density at radius 2 is 1.63 bits per heavy atom. The van der Waals surface area contributed by atoms with E-state index < -0.39 is 0 Å². The predicted molar refractivity (Wildman–Crippen MR) is 116 cm³/mol. The molecule has 5 heteroatoms. The molecule has 0 radical (unpaired) electrons. The third kappa shape index (κ3) is 3.11. The Labute approximate surface area is 174 Å². The van der Waals surface area contributed by atoms with E-state index in [1.165, 1.54) is 22.4 Å². The van der Waals surface area contributed by atoms with E-state index in [0.717, 1.165) is 40.9 Å². The third-order valence-electron chi connectivity index (χ3n) is 5.74. The minimum Gasteiger partial charge on any atom is -0.267 e. The van der Waals surface area contributed by atoms with Crippen molar-refractivity contribution in [1.82, 2.24) is 14.8 Å². The molecule has 0 saturated heterocycles. The van der Waals surface area contributed by atoms with E-state index in [-0.39, 0.29) is 16.8 Å². The molecule has 0 saturated carbocycles. The van der Waals surface area contributed by atoms with Crippen molar-refractivity contribution in [2.45, 2.75) is 33.6 Å². The minimum absolute atomic E-state index is 0.0170. The van der Waals surface area contributed by atoms with Crippen LogP contribution in [0.1, 0.15) is 30.8 Å². The SMILES string of the molecule is Cc1ccc(-c2cc3c(=O)n(-c4ccc(F)cc4)nc4c3c(n2)CC(C)(C)C4)cc1. The van der Waals surface area contributed by atoms with Crippen molar-refractivity contribution in [2.24, 2.45) is 5.41 Å². The quantitative estimate of drug-likeness (QED) is 0.475. The summed E-state index contributed by atoms with van der Waals surface area (Å²) in [7, 11) is 0. The highest BCUT2D eigenvalue weighted by molar-refractivity contribution is 5.90. The van der Waals surface area contributed by atoms with Crippen molar-refractivity contribution < 1.29 is 4.39 Å². The van der Waals surface area contributed by atoms with Gasteiger partial charge in [0.1, 0.15) is 5.82 Å². The lowest BCUT2D eigenvalue weighted by atomic mass is 9.77. The first-order valence-corrected chi connectivity index (χ1v) is 10.1. The summed E-state index contributed by atoms with van der Waals surface area (Å²) >= 11 is 0. The van der Waals surface area contributed by atoms with E-state index in [1.54, 1.807) is 12.1 Å². The third-order valence-corrected chi connectivity index (χ3v) is 5.74. The van der Waals surface area contributed by atoms with Gasteiger partial charge in [0.05, 0.1) is 28.2 Å². The summed E-state index contributed by atoms with van der Waals surface area (Å²) in [4.78, 5) is 18.4. The van der Waals surface area contributed by atoms with E-state index in [2.05, 4.69) is 18.9 Å². The van der Waals surface area contributed by atoms with Gasteiger partial charge in [-0.1, -0.05) is 43.7 Å². The van der Waals surface area contributed by atoms with Gasteiger partial charge in [-0.05, 0) is 55.5 Å². The summed E-state index contributed by atoms with van der Waals surface area (Å²) in [6.45, 7) is 6.43. The zero-order valence-corrected chi connectivity index (χ0v) is 17.2. The standard InChI is InChI=1S/C25H22FN3O/c1-15-4-6-16(7-5-15)20-12-19-23-21(27-20)13-25(2,3)14-22(23)28-29(24(19)30)18-10-8-17(26)9-11-18/h4-12H,13-14H2,1-3H3. The smallest absolute Gasteiger partial charge is 0.267 e. The number of pyridine rings is 1. The Morgan fingerprint density at radius 1 is 0.967 bits per heavy atom. The van der Waals surface area contributed by atoms with Crippen molar-refractivity contribution in [3.8, 4) is 16.9 Å². The lowest BCUT2D eigenvalue weighted by Crippen LogP contribution is -2.30. The number of rotatable bonds is 2. The fourth-order valence-corrected chi connectivity index (χ4v) is 4.27. The van der Waals surface area contributed by atoms with Gasteiger partial charge in [-0.15, -0.1) is 0 Å². The van der Waals surface area contributed by atoms with Gasteiger partial charge in [0, 0.05) is 10.9 Å². The number of aryl methyl sites for hydroxylation is 1. The van der Waals surface area contributed by atoms with Crippen molar-refractivity contribution >= 4 is 10.8 Å². The monoisotopic (exact) mass is 399 g/mol. The molecule has 2 aromatic heterocycles. The molecule has 150 valence electrons. The second-order valence-electron chi connectivity index (χ2n) is 8.90. The van der Waals surface area contributed by atoms with Crippen LogP contribution >= 0.6 is 0 Å². The maximum Gasteiger partial charge on any atom is 0.279 e. The van der Waals surface area contributed by atoms with E-state index in [0.29, 0.717) is 11.1 Å². The van der Waals surface area contributed by atoms with Crippen molar-refractivity contribution in [2.75, 3.05) is 0 Å². The van der Waals surface area contributed by atoms with Gasteiger partial charge >= 0.3 is 0 Å². The summed E-state index contributed by atoms with van der Waals surface area (Å²) in [5.41, 5.74) is 5.05. The molecule has 4 aromatic rings. The summed E-state index contributed by atoms with van der Waals surface area (Å²) in [5.74, 6) is -0.344. The number of halogens is 1. The van der Waals surface area contributed by atoms with Crippen LogP contribution in [-0.2, 0) is 12.8 Å². The maximum absolute atomic E-state index is 13.4.